The molecule has 1 heterocycles. The predicted octanol–water partition coefficient (Wildman–Crippen LogP) is 0.743. The SMILES string of the molecule is CCN(C)CCNc1nc(C)nc(NN)c1C. The lowest BCUT2D eigenvalue weighted by Crippen LogP contribution is -2.25. The second-order valence-electron chi connectivity index (χ2n) is 4.06. The molecule has 0 radical (unpaired) electrons. The van der Waals surface area contributed by atoms with E-state index in [0.717, 1.165) is 31.0 Å². The van der Waals surface area contributed by atoms with Crippen molar-refractivity contribution in [2.24, 2.45) is 5.84 Å². The van der Waals surface area contributed by atoms with Crippen LogP contribution in [0.5, 0.6) is 0 Å². The molecule has 0 spiro atoms. The number of aromatic nitrogens is 2. The quantitative estimate of drug-likeness (QED) is 0.501. The fourth-order valence-corrected chi connectivity index (χ4v) is 1.46. The summed E-state index contributed by atoms with van der Waals surface area (Å²) in [4.78, 5) is 10.8. The van der Waals surface area contributed by atoms with Gasteiger partial charge in [-0.25, -0.2) is 15.8 Å². The van der Waals surface area contributed by atoms with E-state index in [1.165, 1.54) is 0 Å². The van der Waals surface area contributed by atoms with Gasteiger partial charge in [0, 0.05) is 18.7 Å². The minimum Gasteiger partial charge on any atom is -0.368 e. The van der Waals surface area contributed by atoms with Crippen molar-refractivity contribution in [3.8, 4) is 0 Å². The zero-order chi connectivity index (χ0) is 12.8. The van der Waals surface area contributed by atoms with Crippen LogP contribution < -0.4 is 16.6 Å². The van der Waals surface area contributed by atoms with Crippen molar-refractivity contribution >= 4 is 11.6 Å². The minimum absolute atomic E-state index is 0.670. The van der Waals surface area contributed by atoms with Gasteiger partial charge in [0.2, 0.25) is 0 Å². The van der Waals surface area contributed by atoms with Gasteiger partial charge in [0.25, 0.3) is 0 Å². The summed E-state index contributed by atoms with van der Waals surface area (Å²) in [5.74, 6) is 7.63. The molecule has 4 N–H and O–H groups in total. The Labute approximate surface area is 103 Å². The summed E-state index contributed by atoms with van der Waals surface area (Å²) in [5.41, 5.74) is 3.53. The van der Waals surface area contributed by atoms with Crippen molar-refractivity contribution in [3.63, 3.8) is 0 Å². The van der Waals surface area contributed by atoms with E-state index in [0.29, 0.717) is 11.6 Å². The van der Waals surface area contributed by atoms with Gasteiger partial charge in [-0.05, 0) is 27.4 Å². The lowest BCUT2D eigenvalue weighted by atomic mass is 10.3. The van der Waals surface area contributed by atoms with E-state index in [2.05, 4.69) is 39.6 Å². The molecule has 0 aliphatic carbocycles. The number of rotatable bonds is 6. The Morgan fingerprint density at radius 3 is 2.47 bits per heavy atom. The van der Waals surface area contributed by atoms with Crippen molar-refractivity contribution in [2.45, 2.75) is 20.8 Å². The van der Waals surface area contributed by atoms with Crippen molar-refractivity contribution in [3.05, 3.63) is 11.4 Å². The minimum atomic E-state index is 0.670. The second kappa shape index (κ2) is 6.36. The zero-order valence-electron chi connectivity index (χ0n) is 11.0. The van der Waals surface area contributed by atoms with E-state index in [9.17, 15) is 0 Å². The molecular weight excluding hydrogens is 216 g/mol. The van der Waals surface area contributed by atoms with E-state index in [-0.39, 0.29) is 0 Å². The molecule has 96 valence electrons. The summed E-state index contributed by atoms with van der Waals surface area (Å²) in [6.07, 6.45) is 0. The molecule has 0 aromatic carbocycles. The monoisotopic (exact) mass is 238 g/mol. The number of hydrogen-bond donors (Lipinski definition) is 3. The molecule has 6 nitrogen and oxygen atoms in total. The number of hydrazine groups is 1. The Morgan fingerprint density at radius 1 is 1.24 bits per heavy atom. The number of likely N-dealkylation sites (N-methyl/N-ethyl adjacent to an activating group) is 1. The second-order valence-corrected chi connectivity index (χ2v) is 4.06. The summed E-state index contributed by atoms with van der Waals surface area (Å²) in [6, 6.07) is 0. The molecule has 0 saturated carbocycles. The Kier molecular flexibility index (Phi) is 5.11. The lowest BCUT2D eigenvalue weighted by molar-refractivity contribution is 0.367. The van der Waals surface area contributed by atoms with Gasteiger partial charge >= 0.3 is 0 Å². The van der Waals surface area contributed by atoms with Crippen LogP contribution >= 0.6 is 0 Å². The molecule has 0 aliphatic rings. The van der Waals surface area contributed by atoms with Crippen LogP contribution in [0.25, 0.3) is 0 Å². The molecule has 0 aliphatic heterocycles. The number of hydrogen-bond acceptors (Lipinski definition) is 6. The van der Waals surface area contributed by atoms with Gasteiger partial charge in [0.15, 0.2) is 0 Å². The first kappa shape index (κ1) is 13.7. The summed E-state index contributed by atoms with van der Waals surface area (Å²) in [5, 5.41) is 3.31. The van der Waals surface area contributed by atoms with Crippen LogP contribution in [0.2, 0.25) is 0 Å². The molecule has 0 fully saturated rings. The maximum absolute atomic E-state index is 5.41. The van der Waals surface area contributed by atoms with E-state index in [1.807, 2.05) is 13.8 Å². The lowest BCUT2D eigenvalue weighted by Gasteiger charge is -2.16. The topological polar surface area (TPSA) is 79.1 Å². The Balaban J connectivity index is 2.67. The number of nitrogens with zero attached hydrogens (tertiary/aromatic N) is 3. The van der Waals surface area contributed by atoms with Crippen molar-refractivity contribution in [1.29, 1.82) is 0 Å². The fourth-order valence-electron chi connectivity index (χ4n) is 1.46. The van der Waals surface area contributed by atoms with E-state index in [4.69, 9.17) is 5.84 Å². The molecule has 6 heteroatoms. The highest BCUT2D eigenvalue weighted by molar-refractivity contribution is 5.56. The number of anilines is 2. The fraction of sp³-hybridized carbons (Fsp3) is 0.636. The largest absolute Gasteiger partial charge is 0.368 e. The molecule has 0 saturated heterocycles. The van der Waals surface area contributed by atoms with Gasteiger partial charge in [0.1, 0.15) is 17.5 Å². The average Bonchev–Trinajstić information content (AvgIpc) is 2.32. The normalized spacial score (nSPS) is 10.7. The van der Waals surface area contributed by atoms with Crippen molar-refractivity contribution < 1.29 is 0 Å². The molecule has 0 unspecified atom stereocenters. The number of nitrogen functional groups attached to an aromatic ring is 1. The third kappa shape index (κ3) is 3.83. The maximum Gasteiger partial charge on any atom is 0.148 e. The first-order chi connectivity index (χ1) is 8.08. The summed E-state index contributed by atoms with van der Waals surface area (Å²) in [7, 11) is 2.09. The molecule has 1 aromatic heterocycles. The summed E-state index contributed by atoms with van der Waals surface area (Å²) >= 11 is 0. The highest BCUT2D eigenvalue weighted by Crippen LogP contribution is 2.18. The van der Waals surface area contributed by atoms with E-state index in [1.54, 1.807) is 0 Å². The maximum atomic E-state index is 5.41. The van der Waals surface area contributed by atoms with Gasteiger partial charge in [-0.2, -0.15) is 0 Å². The van der Waals surface area contributed by atoms with Gasteiger partial charge in [-0.15, -0.1) is 0 Å². The molecule has 1 aromatic rings. The van der Waals surface area contributed by atoms with Gasteiger partial charge in [0.05, 0.1) is 0 Å². The smallest absolute Gasteiger partial charge is 0.148 e. The predicted molar refractivity (Wildman–Crippen MR) is 71.0 cm³/mol. The van der Waals surface area contributed by atoms with Crippen LogP contribution in [0.3, 0.4) is 0 Å². The third-order valence-electron chi connectivity index (χ3n) is 2.72. The highest BCUT2D eigenvalue weighted by Gasteiger charge is 2.07. The standard InChI is InChI=1S/C11H22N6/c1-5-17(4)7-6-13-10-8(2)11(16-12)15-9(3)14-10/h5-7,12H2,1-4H3,(H2,13,14,15,16). The van der Waals surface area contributed by atoms with Crippen molar-refractivity contribution in [2.75, 3.05) is 37.4 Å². The van der Waals surface area contributed by atoms with Crippen LogP contribution in [-0.4, -0.2) is 41.5 Å². The third-order valence-corrected chi connectivity index (χ3v) is 2.72. The number of nitrogens with two attached hydrogens (primary N) is 1. The molecular formula is C11H22N6. The molecule has 0 bridgehead atoms. The van der Waals surface area contributed by atoms with Crippen LogP contribution in [0, 0.1) is 13.8 Å². The van der Waals surface area contributed by atoms with Crippen LogP contribution in [0.4, 0.5) is 11.6 Å². The average molecular weight is 238 g/mol. The molecule has 0 atom stereocenters. The molecule has 17 heavy (non-hydrogen) atoms. The van der Waals surface area contributed by atoms with Gasteiger partial charge in [-0.3, -0.25) is 0 Å². The summed E-state index contributed by atoms with van der Waals surface area (Å²) < 4.78 is 0. The molecule has 1 rings (SSSR count). The van der Waals surface area contributed by atoms with Gasteiger partial charge < -0.3 is 15.6 Å². The Morgan fingerprint density at radius 2 is 1.88 bits per heavy atom. The highest BCUT2D eigenvalue weighted by atomic mass is 15.3. The van der Waals surface area contributed by atoms with Crippen LogP contribution in [-0.2, 0) is 0 Å². The van der Waals surface area contributed by atoms with E-state index < -0.39 is 0 Å². The van der Waals surface area contributed by atoms with Crippen molar-refractivity contribution in [1.82, 2.24) is 14.9 Å². The number of nitrogens with one attached hydrogen (secondary N) is 2. The van der Waals surface area contributed by atoms with Gasteiger partial charge in [-0.1, -0.05) is 6.92 Å². The van der Waals surface area contributed by atoms with Crippen LogP contribution in [0.15, 0.2) is 0 Å². The summed E-state index contributed by atoms with van der Waals surface area (Å²) in [6.45, 7) is 8.80. The van der Waals surface area contributed by atoms with E-state index >= 15 is 0 Å². The number of aryl methyl sites for hydroxylation is 1. The first-order valence-electron chi connectivity index (χ1n) is 5.82. The zero-order valence-corrected chi connectivity index (χ0v) is 11.0. The Bertz CT molecular complexity index is 365. The molecule has 0 amide bonds. The Hall–Kier alpha value is -1.40. The first-order valence-corrected chi connectivity index (χ1v) is 5.82. The van der Waals surface area contributed by atoms with Crippen LogP contribution in [0.1, 0.15) is 18.3 Å².